The van der Waals surface area contributed by atoms with Crippen molar-refractivity contribution in [2.24, 2.45) is 0 Å². The van der Waals surface area contributed by atoms with Crippen LogP contribution >= 0.6 is 0 Å². The zero-order valence-corrected chi connectivity index (χ0v) is 18.8. The molecule has 0 spiro atoms. The van der Waals surface area contributed by atoms with Gasteiger partial charge in [0.1, 0.15) is 0 Å². The van der Waals surface area contributed by atoms with Crippen molar-refractivity contribution in [3.05, 3.63) is 101 Å². The molecule has 0 saturated heterocycles. The van der Waals surface area contributed by atoms with Crippen molar-refractivity contribution in [3.63, 3.8) is 0 Å². The molecular weight excluding hydrogens is 398 g/mol. The van der Waals surface area contributed by atoms with E-state index in [0.29, 0.717) is 22.7 Å². The normalized spacial score (nSPS) is 17.6. The highest BCUT2D eigenvalue weighted by molar-refractivity contribution is 6.14. The largest absolute Gasteiger partial charge is 0.465 e. The summed E-state index contributed by atoms with van der Waals surface area (Å²) in [6, 6.07) is 23.4. The van der Waals surface area contributed by atoms with Crippen molar-refractivity contribution >= 4 is 17.4 Å². The molecular formula is C28H29NO3. The Morgan fingerprint density at radius 3 is 2.31 bits per heavy atom. The Bertz CT molecular complexity index is 1120. The van der Waals surface area contributed by atoms with E-state index in [1.165, 1.54) is 12.7 Å². The minimum Gasteiger partial charge on any atom is -0.465 e. The number of ether oxygens (including phenoxy) is 1. The summed E-state index contributed by atoms with van der Waals surface area (Å²) in [5.41, 5.74) is 4.66. The molecule has 2 atom stereocenters. The first-order valence-corrected chi connectivity index (χ1v) is 11.3. The second-order valence-corrected chi connectivity index (χ2v) is 8.28. The molecule has 0 aliphatic carbocycles. The van der Waals surface area contributed by atoms with Crippen molar-refractivity contribution < 1.29 is 14.3 Å². The molecule has 0 bridgehead atoms. The topological polar surface area (TPSA) is 55.4 Å². The number of benzene rings is 3. The fraction of sp³-hybridized carbons (Fsp3) is 0.286. The van der Waals surface area contributed by atoms with E-state index in [-0.39, 0.29) is 11.8 Å². The minimum absolute atomic E-state index is 0.0658. The molecule has 164 valence electrons. The summed E-state index contributed by atoms with van der Waals surface area (Å²) in [4.78, 5) is 26.3. The van der Waals surface area contributed by atoms with Crippen molar-refractivity contribution in [3.8, 4) is 0 Å². The highest BCUT2D eigenvalue weighted by atomic mass is 16.5. The Kier molecular flexibility index (Phi) is 6.40. The zero-order valence-electron chi connectivity index (χ0n) is 18.8. The third kappa shape index (κ3) is 3.93. The Labute approximate surface area is 189 Å². The van der Waals surface area contributed by atoms with Gasteiger partial charge in [-0.3, -0.25) is 4.79 Å². The maximum atomic E-state index is 13.9. The fourth-order valence-electron chi connectivity index (χ4n) is 4.82. The van der Waals surface area contributed by atoms with Crippen LogP contribution in [0, 0.1) is 0 Å². The molecule has 4 heteroatoms. The number of rotatable bonds is 6. The molecule has 1 aliphatic rings. The van der Waals surface area contributed by atoms with E-state index >= 15 is 0 Å². The van der Waals surface area contributed by atoms with Crippen LogP contribution in [0.4, 0.5) is 5.69 Å². The van der Waals surface area contributed by atoms with Crippen molar-refractivity contribution in [1.82, 2.24) is 0 Å². The van der Waals surface area contributed by atoms with Crippen LogP contribution in [0.15, 0.2) is 72.8 Å². The van der Waals surface area contributed by atoms with E-state index in [9.17, 15) is 9.59 Å². The summed E-state index contributed by atoms with van der Waals surface area (Å²) in [6.45, 7) is 4.42. The predicted octanol–water partition coefficient (Wildman–Crippen LogP) is 6.51. The zero-order chi connectivity index (χ0) is 22.7. The first-order chi connectivity index (χ1) is 15.6. The number of carbonyl (C=O) groups excluding carboxylic acids is 2. The smallest absolute Gasteiger partial charge is 0.338 e. The van der Waals surface area contributed by atoms with Gasteiger partial charge in [-0.2, -0.15) is 0 Å². The average molecular weight is 428 g/mol. The highest BCUT2D eigenvalue weighted by Gasteiger charge is 2.39. The number of nitrogens with one attached hydrogen (secondary N) is 1. The Morgan fingerprint density at radius 1 is 0.938 bits per heavy atom. The van der Waals surface area contributed by atoms with Gasteiger partial charge in [0.2, 0.25) is 0 Å². The third-order valence-electron chi connectivity index (χ3n) is 6.53. The molecule has 32 heavy (non-hydrogen) atoms. The molecule has 4 nitrogen and oxygen atoms in total. The van der Waals surface area contributed by atoms with E-state index in [2.05, 4.69) is 43.4 Å². The number of hydrogen-bond donors (Lipinski definition) is 1. The minimum atomic E-state index is -0.502. The maximum absolute atomic E-state index is 13.9. The van der Waals surface area contributed by atoms with Gasteiger partial charge < -0.3 is 10.1 Å². The van der Waals surface area contributed by atoms with Crippen molar-refractivity contribution in [1.29, 1.82) is 0 Å². The lowest BCUT2D eigenvalue weighted by Crippen LogP contribution is -2.33. The van der Waals surface area contributed by atoms with Gasteiger partial charge >= 0.3 is 5.97 Å². The lowest BCUT2D eigenvalue weighted by Gasteiger charge is -2.35. The molecule has 0 aromatic heterocycles. The Morgan fingerprint density at radius 2 is 1.62 bits per heavy atom. The highest BCUT2D eigenvalue weighted by Crippen LogP contribution is 2.44. The number of Topliss-reactive ketones (excluding diaryl/α,β-unsaturated/α-hetero) is 1. The second kappa shape index (κ2) is 9.39. The molecule has 3 aromatic rings. The van der Waals surface area contributed by atoms with Gasteiger partial charge in [0.05, 0.1) is 30.2 Å². The monoisotopic (exact) mass is 427 g/mol. The van der Waals surface area contributed by atoms with Crippen molar-refractivity contribution in [2.75, 3.05) is 12.4 Å². The van der Waals surface area contributed by atoms with Gasteiger partial charge in [0.15, 0.2) is 5.78 Å². The van der Waals surface area contributed by atoms with E-state index in [4.69, 9.17) is 4.74 Å². The van der Waals surface area contributed by atoms with E-state index in [1.807, 2.05) is 36.4 Å². The second-order valence-electron chi connectivity index (χ2n) is 8.28. The predicted molar refractivity (Wildman–Crippen MR) is 127 cm³/mol. The SMILES string of the molecule is CCC(CC)c1cccc(C2Nc3cccc(C(=O)OC)c3C(=O)C2c2ccccc2)c1. The maximum Gasteiger partial charge on any atom is 0.338 e. The van der Waals surface area contributed by atoms with E-state index in [0.717, 1.165) is 24.0 Å². The van der Waals surface area contributed by atoms with Crippen LogP contribution in [0.25, 0.3) is 0 Å². The van der Waals surface area contributed by atoms with E-state index in [1.54, 1.807) is 12.1 Å². The van der Waals surface area contributed by atoms with E-state index < -0.39 is 11.9 Å². The molecule has 0 radical (unpaired) electrons. The van der Waals surface area contributed by atoms with Gasteiger partial charge in [0, 0.05) is 5.69 Å². The van der Waals surface area contributed by atoms with Crippen molar-refractivity contribution in [2.45, 2.75) is 44.6 Å². The van der Waals surface area contributed by atoms with Gasteiger partial charge in [0.25, 0.3) is 0 Å². The van der Waals surface area contributed by atoms with Gasteiger partial charge in [-0.15, -0.1) is 0 Å². The van der Waals surface area contributed by atoms with Crippen LogP contribution < -0.4 is 5.32 Å². The molecule has 4 rings (SSSR count). The molecule has 1 aliphatic heterocycles. The summed E-state index contributed by atoms with van der Waals surface area (Å²) < 4.78 is 4.95. The number of esters is 1. The van der Waals surface area contributed by atoms with Crippen LogP contribution in [0.5, 0.6) is 0 Å². The first kappa shape index (κ1) is 21.8. The summed E-state index contributed by atoms with van der Waals surface area (Å²) in [6.07, 6.45) is 2.15. The van der Waals surface area contributed by atoms with Gasteiger partial charge in [-0.05, 0) is 47.6 Å². The lowest BCUT2D eigenvalue weighted by atomic mass is 9.76. The van der Waals surface area contributed by atoms with Crippen LogP contribution in [0.3, 0.4) is 0 Å². The number of anilines is 1. The quantitative estimate of drug-likeness (QED) is 0.456. The van der Waals surface area contributed by atoms with Crippen LogP contribution in [-0.4, -0.2) is 18.9 Å². The molecule has 0 fully saturated rings. The molecule has 2 unspecified atom stereocenters. The third-order valence-corrected chi connectivity index (χ3v) is 6.53. The standard InChI is InChI=1S/C28H29NO3/c1-4-18(5-2)20-13-9-14-21(17-20)26-24(19-11-7-6-8-12-19)27(30)25-22(28(31)32-3)15-10-16-23(25)29-26/h6-18,24,26,29H,4-5H2,1-3H3. The molecule has 0 amide bonds. The molecule has 3 aromatic carbocycles. The summed E-state index contributed by atoms with van der Waals surface area (Å²) in [5.74, 6) is -0.532. The average Bonchev–Trinajstić information content (AvgIpc) is 2.84. The summed E-state index contributed by atoms with van der Waals surface area (Å²) in [5, 5.41) is 3.59. The van der Waals surface area contributed by atoms with Crippen LogP contribution in [-0.2, 0) is 4.74 Å². The summed E-state index contributed by atoms with van der Waals surface area (Å²) in [7, 11) is 1.34. The van der Waals surface area contributed by atoms with Crippen LogP contribution in [0.1, 0.15) is 82.0 Å². The molecule has 1 N–H and O–H groups in total. The first-order valence-electron chi connectivity index (χ1n) is 11.3. The molecule has 0 saturated carbocycles. The fourth-order valence-corrected chi connectivity index (χ4v) is 4.82. The van der Waals surface area contributed by atoms with Crippen LogP contribution in [0.2, 0.25) is 0 Å². The number of ketones is 1. The Balaban J connectivity index is 1.87. The lowest BCUT2D eigenvalue weighted by molar-refractivity contribution is 0.0596. The Hall–Kier alpha value is -3.40. The van der Waals surface area contributed by atoms with Gasteiger partial charge in [-0.1, -0.05) is 74.5 Å². The molecule has 1 heterocycles. The number of carbonyl (C=O) groups is 2. The number of hydrogen-bond acceptors (Lipinski definition) is 4. The summed E-state index contributed by atoms with van der Waals surface area (Å²) >= 11 is 0. The number of methoxy groups -OCH3 is 1. The number of fused-ring (bicyclic) bond motifs is 1. The van der Waals surface area contributed by atoms with Gasteiger partial charge in [-0.25, -0.2) is 4.79 Å².